The molecule has 17 heavy (non-hydrogen) atoms. The third kappa shape index (κ3) is 2.73. The predicted octanol–water partition coefficient (Wildman–Crippen LogP) is 1.30. The van der Waals surface area contributed by atoms with Crippen molar-refractivity contribution in [2.24, 2.45) is 5.84 Å². The Balaban J connectivity index is 2.11. The monoisotopic (exact) mass is 233 g/mol. The third-order valence-electron chi connectivity index (χ3n) is 2.38. The van der Waals surface area contributed by atoms with Crippen LogP contribution < -0.4 is 16.2 Å². The first-order chi connectivity index (χ1) is 8.19. The van der Waals surface area contributed by atoms with E-state index < -0.39 is 0 Å². The van der Waals surface area contributed by atoms with E-state index >= 15 is 0 Å². The molecule has 0 saturated carbocycles. The first-order valence-corrected chi connectivity index (χ1v) is 5.24. The SMILES string of the molecule is Cc1ccc(CN(C)c2cc(NN)ncn2)o1. The first-order valence-electron chi connectivity index (χ1n) is 5.24. The van der Waals surface area contributed by atoms with Gasteiger partial charge in [0.1, 0.15) is 29.5 Å². The Hall–Kier alpha value is -2.08. The molecule has 0 radical (unpaired) electrons. The van der Waals surface area contributed by atoms with Crippen LogP contribution in [0.3, 0.4) is 0 Å². The van der Waals surface area contributed by atoms with Gasteiger partial charge in [0.15, 0.2) is 0 Å². The molecule has 0 amide bonds. The molecule has 0 unspecified atom stereocenters. The highest BCUT2D eigenvalue weighted by Gasteiger charge is 2.07. The van der Waals surface area contributed by atoms with Gasteiger partial charge in [-0.3, -0.25) is 0 Å². The summed E-state index contributed by atoms with van der Waals surface area (Å²) in [6.45, 7) is 2.57. The fraction of sp³-hybridized carbons (Fsp3) is 0.273. The maximum atomic E-state index is 5.51. The van der Waals surface area contributed by atoms with Crippen molar-refractivity contribution in [3.8, 4) is 0 Å². The molecule has 6 heteroatoms. The minimum atomic E-state index is 0.581. The lowest BCUT2D eigenvalue weighted by Crippen LogP contribution is -2.18. The Bertz CT molecular complexity index is 496. The van der Waals surface area contributed by atoms with Gasteiger partial charge in [0.25, 0.3) is 0 Å². The Morgan fingerprint density at radius 3 is 2.88 bits per heavy atom. The third-order valence-corrected chi connectivity index (χ3v) is 2.38. The zero-order valence-corrected chi connectivity index (χ0v) is 9.84. The Labute approximate surface area is 99.4 Å². The van der Waals surface area contributed by atoms with Crippen LogP contribution in [0.2, 0.25) is 0 Å². The van der Waals surface area contributed by atoms with Crippen LogP contribution in [0.4, 0.5) is 11.6 Å². The van der Waals surface area contributed by atoms with Crippen LogP contribution in [0.1, 0.15) is 11.5 Å². The summed E-state index contributed by atoms with van der Waals surface area (Å²) in [5.41, 5.74) is 2.49. The van der Waals surface area contributed by atoms with Crippen molar-refractivity contribution in [1.82, 2.24) is 9.97 Å². The van der Waals surface area contributed by atoms with Gasteiger partial charge < -0.3 is 14.7 Å². The van der Waals surface area contributed by atoms with E-state index in [-0.39, 0.29) is 0 Å². The molecule has 0 fully saturated rings. The van der Waals surface area contributed by atoms with Gasteiger partial charge in [0.05, 0.1) is 6.54 Å². The van der Waals surface area contributed by atoms with Crippen molar-refractivity contribution in [1.29, 1.82) is 0 Å². The summed E-state index contributed by atoms with van der Waals surface area (Å²) in [6.07, 6.45) is 1.47. The molecule has 0 aliphatic rings. The summed E-state index contributed by atoms with van der Waals surface area (Å²) < 4.78 is 5.51. The average molecular weight is 233 g/mol. The average Bonchev–Trinajstić information content (AvgIpc) is 2.75. The second-order valence-electron chi connectivity index (χ2n) is 3.77. The van der Waals surface area contributed by atoms with Gasteiger partial charge in [-0.05, 0) is 19.1 Å². The zero-order valence-electron chi connectivity index (χ0n) is 9.84. The number of aryl methyl sites for hydroxylation is 1. The van der Waals surface area contributed by atoms with Crippen LogP contribution in [0.5, 0.6) is 0 Å². The molecule has 2 rings (SSSR count). The number of nitrogens with two attached hydrogens (primary N) is 1. The number of furan rings is 1. The summed E-state index contributed by atoms with van der Waals surface area (Å²) in [7, 11) is 1.93. The van der Waals surface area contributed by atoms with Crippen LogP contribution in [-0.4, -0.2) is 17.0 Å². The van der Waals surface area contributed by atoms with Gasteiger partial charge in [-0.15, -0.1) is 0 Å². The molecule has 0 spiro atoms. The maximum Gasteiger partial charge on any atom is 0.145 e. The van der Waals surface area contributed by atoms with Gasteiger partial charge >= 0.3 is 0 Å². The number of nitrogens with one attached hydrogen (secondary N) is 1. The van der Waals surface area contributed by atoms with E-state index in [2.05, 4.69) is 15.4 Å². The normalized spacial score (nSPS) is 10.3. The Kier molecular flexibility index (Phi) is 3.24. The highest BCUT2D eigenvalue weighted by atomic mass is 16.3. The van der Waals surface area contributed by atoms with Crippen molar-refractivity contribution in [3.63, 3.8) is 0 Å². The fourth-order valence-corrected chi connectivity index (χ4v) is 1.52. The summed E-state index contributed by atoms with van der Waals surface area (Å²) in [6, 6.07) is 5.67. The summed E-state index contributed by atoms with van der Waals surface area (Å²) in [5.74, 6) is 8.46. The second kappa shape index (κ2) is 4.84. The number of nitrogen functional groups attached to an aromatic ring is 1. The van der Waals surface area contributed by atoms with Gasteiger partial charge in [0, 0.05) is 13.1 Å². The number of rotatable bonds is 4. The summed E-state index contributed by atoms with van der Waals surface area (Å²) in [5, 5.41) is 0. The van der Waals surface area contributed by atoms with Crippen molar-refractivity contribution < 1.29 is 4.42 Å². The van der Waals surface area contributed by atoms with Crippen LogP contribution in [0.15, 0.2) is 28.9 Å². The van der Waals surface area contributed by atoms with Crippen LogP contribution in [-0.2, 0) is 6.54 Å². The van der Waals surface area contributed by atoms with E-state index in [1.165, 1.54) is 6.33 Å². The Morgan fingerprint density at radius 2 is 2.24 bits per heavy atom. The molecule has 0 aromatic carbocycles. The lowest BCUT2D eigenvalue weighted by atomic mass is 10.4. The largest absolute Gasteiger partial charge is 0.464 e. The Morgan fingerprint density at radius 1 is 1.41 bits per heavy atom. The molecule has 0 aliphatic carbocycles. The van der Waals surface area contributed by atoms with Crippen molar-refractivity contribution in [3.05, 3.63) is 36.0 Å². The lowest BCUT2D eigenvalue weighted by Gasteiger charge is -2.16. The number of hydrogen-bond acceptors (Lipinski definition) is 6. The standard InChI is InChI=1S/C11H15N5O/c1-8-3-4-9(17-8)6-16(2)11-5-10(15-12)13-7-14-11/h3-5,7H,6,12H2,1-2H3,(H,13,14,15). The summed E-state index contributed by atoms with van der Waals surface area (Å²) >= 11 is 0. The highest BCUT2D eigenvalue weighted by molar-refractivity contribution is 5.47. The number of hydrazine groups is 1. The fourth-order valence-electron chi connectivity index (χ4n) is 1.52. The molecule has 0 saturated heterocycles. The molecule has 0 aliphatic heterocycles. The maximum absolute atomic E-state index is 5.51. The number of anilines is 2. The van der Waals surface area contributed by atoms with Gasteiger partial charge in [-0.1, -0.05) is 0 Å². The van der Waals surface area contributed by atoms with Crippen molar-refractivity contribution in [2.45, 2.75) is 13.5 Å². The van der Waals surface area contributed by atoms with E-state index in [0.717, 1.165) is 17.3 Å². The molecule has 0 bridgehead atoms. The molecule has 2 heterocycles. The lowest BCUT2D eigenvalue weighted by molar-refractivity contribution is 0.481. The van der Waals surface area contributed by atoms with E-state index in [0.29, 0.717) is 12.4 Å². The number of aromatic nitrogens is 2. The second-order valence-corrected chi connectivity index (χ2v) is 3.77. The molecule has 90 valence electrons. The number of nitrogens with zero attached hydrogens (tertiary/aromatic N) is 3. The highest BCUT2D eigenvalue weighted by Crippen LogP contribution is 2.15. The molecular formula is C11H15N5O. The predicted molar refractivity (Wildman–Crippen MR) is 65.4 cm³/mol. The smallest absolute Gasteiger partial charge is 0.145 e. The zero-order chi connectivity index (χ0) is 12.3. The molecule has 0 atom stereocenters. The van der Waals surface area contributed by atoms with Crippen molar-refractivity contribution in [2.75, 3.05) is 17.4 Å². The molecular weight excluding hydrogens is 218 g/mol. The van der Waals surface area contributed by atoms with E-state index in [4.69, 9.17) is 10.3 Å². The molecule has 2 aromatic rings. The molecule has 6 nitrogen and oxygen atoms in total. The van der Waals surface area contributed by atoms with E-state index in [9.17, 15) is 0 Å². The quantitative estimate of drug-likeness (QED) is 0.612. The topological polar surface area (TPSA) is 80.2 Å². The van der Waals surface area contributed by atoms with Crippen LogP contribution in [0, 0.1) is 6.92 Å². The van der Waals surface area contributed by atoms with Crippen molar-refractivity contribution >= 4 is 11.6 Å². The van der Waals surface area contributed by atoms with Crippen LogP contribution >= 0.6 is 0 Å². The van der Waals surface area contributed by atoms with Gasteiger partial charge in [0.2, 0.25) is 0 Å². The molecule has 2 aromatic heterocycles. The van der Waals surface area contributed by atoms with Gasteiger partial charge in [-0.2, -0.15) is 0 Å². The minimum absolute atomic E-state index is 0.581. The van der Waals surface area contributed by atoms with Gasteiger partial charge in [-0.25, -0.2) is 15.8 Å². The van der Waals surface area contributed by atoms with E-state index in [1.54, 1.807) is 6.07 Å². The summed E-state index contributed by atoms with van der Waals surface area (Å²) in [4.78, 5) is 10.1. The molecule has 3 N–H and O–H groups in total. The van der Waals surface area contributed by atoms with Crippen LogP contribution in [0.25, 0.3) is 0 Å². The first kappa shape index (κ1) is 11.4. The number of hydrogen-bond donors (Lipinski definition) is 2. The van der Waals surface area contributed by atoms with E-state index in [1.807, 2.05) is 31.0 Å². The minimum Gasteiger partial charge on any atom is -0.464 e.